The quantitative estimate of drug-likeness (QED) is 0.124. The minimum atomic E-state index is -1.27. The summed E-state index contributed by atoms with van der Waals surface area (Å²) in [5.41, 5.74) is 1.70. The first kappa shape index (κ1) is 34.0. The number of carbonyl (C=O) groups is 4. The molecule has 2 aromatic rings. The lowest BCUT2D eigenvalue weighted by molar-refractivity contribution is -0.155. The van der Waals surface area contributed by atoms with E-state index in [1.165, 1.54) is 6.08 Å². The summed E-state index contributed by atoms with van der Waals surface area (Å²) in [6.45, 7) is 6.64. The number of nitrogens with one attached hydrogen (secondary N) is 2. The lowest BCUT2D eigenvalue weighted by Crippen LogP contribution is -2.48. The Bertz CT molecular complexity index is 1140. The van der Waals surface area contributed by atoms with Crippen LogP contribution in [0.15, 0.2) is 86.0 Å². The number of benzene rings is 2. The molecule has 0 saturated carbocycles. The van der Waals surface area contributed by atoms with E-state index in [1.54, 1.807) is 18.2 Å². The second-order valence-corrected chi connectivity index (χ2v) is 9.93. The van der Waals surface area contributed by atoms with Crippen LogP contribution in [-0.2, 0) is 41.7 Å². The molecule has 0 saturated heterocycles. The Hall–Kier alpha value is -4.24. The van der Waals surface area contributed by atoms with E-state index in [1.807, 2.05) is 48.5 Å². The number of esters is 2. The molecule has 0 unspecified atom stereocenters. The molecule has 0 aromatic heterocycles. The Labute approximate surface area is 248 Å². The van der Waals surface area contributed by atoms with E-state index in [-0.39, 0.29) is 32.5 Å². The fraction of sp³-hybridized carbons (Fsp3) is 0.394. The van der Waals surface area contributed by atoms with Crippen molar-refractivity contribution < 1.29 is 33.8 Å². The Morgan fingerprint density at radius 3 is 2.14 bits per heavy atom. The monoisotopic (exact) mass is 578 g/mol. The first-order chi connectivity index (χ1) is 20.4. The molecule has 0 aliphatic heterocycles. The van der Waals surface area contributed by atoms with E-state index in [9.17, 15) is 24.3 Å². The van der Waals surface area contributed by atoms with Crippen LogP contribution in [0.4, 0.5) is 0 Å². The highest BCUT2D eigenvalue weighted by molar-refractivity contribution is 5.89. The fourth-order valence-electron chi connectivity index (χ4n) is 4.15. The van der Waals surface area contributed by atoms with Crippen molar-refractivity contribution in [2.24, 2.45) is 5.92 Å². The molecule has 0 aliphatic carbocycles. The standard InChI is InChI=1S/C33H42N2O7/c1-3-5-6-13-19-31(38)41-24-29(33(40)42-23-26-17-11-8-12-18-26)35-32(39)27(14-4-2)21-30(37)34-28(22-36)20-25-15-9-7-10-16-25/h3-4,7-12,15-18,27-29,36H,1-2,5-6,13-14,19-24H2,(H,34,37)(H,35,39)/t27-,28+,29-/m1/s1. The van der Waals surface area contributed by atoms with E-state index in [0.29, 0.717) is 12.8 Å². The molecule has 3 N–H and O–H groups in total. The van der Waals surface area contributed by atoms with Crippen molar-refractivity contribution in [1.29, 1.82) is 0 Å². The van der Waals surface area contributed by atoms with Crippen molar-refractivity contribution in [3.8, 4) is 0 Å². The van der Waals surface area contributed by atoms with Gasteiger partial charge < -0.3 is 25.2 Å². The highest BCUT2D eigenvalue weighted by Crippen LogP contribution is 2.13. The number of unbranched alkanes of at least 4 members (excludes halogenated alkanes) is 2. The number of aliphatic hydroxyl groups is 1. The molecule has 9 nitrogen and oxygen atoms in total. The third-order valence-electron chi connectivity index (χ3n) is 6.44. The van der Waals surface area contributed by atoms with Gasteiger partial charge in [-0.2, -0.15) is 0 Å². The van der Waals surface area contributed by atoms with E-state index < -0.39 is 48.4 Å². The van der Waals surface area contributed by atoms with Crippen molar-refractivity contribution >= 4 is 23.8 Å². The number of aliphatic hydroxyl groups excluding tert-OH is 1. The Kier molecular flexibility index (Phi) is 16.0. The van der Waals surface area contributed by atoms with Gasteiger partial charge in [-0.15, -0.1) is 13.2 Å². The molecule has 0 radical (unpaired) electrons. The molecule has 3 atom stereocenters. The average Bonchev–Trinajstić information content (AvgIpc) is 3.00. The minimum absolute atomic E-state index is 0.0238. The largest absolute Gasteiger partial charge is 0.463 e. The van der Waals surface area contributed by atoms with Crippen LogP contribution in [-0.4, -0.2) is 54.2 Å². The maximum Gasteiger partial charge on any atom is 0.332 e. The molecule has 2 aromatic carbocycles. The molecule has 0 heterocycles. The average molecular weight is 579 g/mol. The van der Waals surface area contributed by atoms with E-state index in [4.69, 9.17) is 9.47 Å². The third kappa shape index (κ3) is 13.4. The first-order valence-electron chi connectivity index (χ1n) is 14.2. The van der Waals surface area contributed by atoms with Crippen molar-refractivity contribution in [3.05, 3.63) is 97.1 Å². The maximum atomic E-state index is 13.2. The topological polar surface area (TPSA) is 131 Å². The van der Waals surface area contributed by atoms with Gasteiger partial charge in [-0.25, -0.2) is 4.79 Å². The number of carbonyl (C=O) groups excluding carboxylic acids is 4. The number of amides is 2. The van der Waals surface area contributed by atoms with E-state index in [2.05, 4.69) is 23.8 Å². The summed E-state index contributed by atoms with van der Waals surface area (Å²) < 4.78 is 10.7. The van der Waals surface area contributed by atoms with Gasteiger partial charge in [0.1, 0.15) is 13.2 Å². The molecule has 0 bridgehead atoms. The van der Waals surface area contributed by atoms with Gasteiger partial charge in [-0.1, -0.05) is 72.8 Å². The Morgan fingerprint density at radius 1 is 0.857 bits per heavy atom. The SMILES string of the molecule is C=CCCCCC(=O)OC[C@@H](NC(=O)[C@H](CC=C)CC(=O)N[C@H](CO)Cc1ccccc1)C(=O)OCc1ccccc1. The fourth-order valence-corrected chi connectivity index (χ4v) is 4.15. The van der Waals surface area contributed by atoms with Crippen molar-refractivity contribution in [2.45, 2.75) is 63.6 Å². The summed E-state index contributed by atoms with van der Waals surface area (Å²) >= 11 is 0. The number of allylic oxidation sites excluding steroid dienone is 2. The van der Waals surface area contributed by atoms with Gasteiger partial charge in [0, 0.05) is 12.8 Å². The van der Waals surface area contributed by atoms with Gasteiger partial charge in [0.15, 0.2) is 6.04 Å². The number of hydrogen-bond acceptors (Lipinski definition) is 7. The molecule has 2 rings (SSSR count). The first-order valence-corrected chi connectivity index (χ1v) is 14.2. The predicted molar refractivity (Wildman–Crippen MR) is 160 cm³/mol. The van der Waals surface area contributed by atoms with Gasteiger partial charge in [0.2, 0.25) is 11.8 Å². The number of ether oxygens (including phenoxy) is 2. The lowest BCUT2D eigenvalue weighted by atomic mass is 9.98. The molecule has 42 heavy (non-hydrogen) atoms. The summed E-state index contributed by atoms with van der Waals surface area (Å²) in [6, 6.07) is 16.7. The van der Waals surface area contributed by atoms with Crippen molar-refractivity contribution in [1.82, 2.24) is 10.6 Å². The molecule has 0 fully saturated rings. The molecular weight excluding hydrogens is 536 g/mol. The van der Waals surface area contributed by atoms with Gasteiger partial charge in [-0.05, 0) is 43.2 Å². The van der Waals surface area contributed by atoms with Crippen LogP contribution in [0.25, 0.3) is 0 Å². The predicted octanol–water partition coefficient (Wildman–Crippen LogP) is 3.81. The molecule has 9 heteroatoms. The number of rotatable bonds is 20. The van der Waals surface area contributed by atoms with Crippen LogP contribution in [0.3, 0.4) is 0 Å². The van der Waals surface area contributed by atoms with Crippen molar-refractivity contribution in [3.63, 3.8) is 0 Å². The van der Waals surface area contributed by atoms with Crippen LogP contribution in [0, 0.1) is 5.92 Å². The molecule has 0 spiro atoms. The van der Waals surface area contributed by atoms with Crippen LogP contribution in [0.2, 0.25) is 0 Å². The van der Waals surface area contributed by atoms with Crippen LogP contribution >= 0.6 is 0 Å². The zero-order valence-electron chi connectivity index (χ0n) is 24.0. The Morgan fingerprint density at radius 2 is 1.52 bits per heavy atom. The molecular formula is C33H42N2O7. The van der Waals surface area contributed by atoms with E-state index in [0.717, 1.165) is 24.0 Å². The smallest absolute Gasteiger partial charge is 0.332 e. The summed E-state index contributed by atoms with van der Waals surface area (Å²) in [6.07, 6.45) is 6.01. The molecule has 0 aliphatic rings. The highest BCUT2D eigenvalue weighted by Gasteiger charge is 2.29. The van der Waals surface area contributed by atoms with Gasteiger partial charge >= 0.3 is 11.9 Å². The van der Waals surface area contributed by atoms with Crippen LogP contribution in [0.5, 0.6) is 0 Å². The lowest BCUT2D eigenvalue weighted by Gasteiger charge is -2.22. The molecule has 226 valence electrons. The normalized spacial score (nSPS) is 12.7. The summed E-state index contributed by atoms with van der Waals surface area (Å²) in [4.78, 5) is 51.3. The summed E-state index contributed by atoms with van der Waals surface area (Å²) in [5.74, 6) is -3.13. The van der Waals surface area contributed by atoms with Gasteiger partial charge in [0.25, 0.3) is 0 Å². The van der Waals surface area contributed by atoms with Gasteiger partial charge in [0.05, 0.1) is 18.6 Å². The van der Waals surface area contributed by atoms with Crippen LogP contribution < -0.4 is 10.6 Å². The van der Waals surface area contributed by atoms with Crippen LogP contribution in [0.1, 0.15) is 49.7 Å². The minimum Gasteiger partial charge on any atom is -0.463 e. The summed E-state index contributed by atoms with van der Waals surface area (Å²) in [7, 11) is 0. The highest BCUT2D eigenvalue weighted by atomic mass is 16.6. The summed E-state index contributed by atoms with van der Waals surface area (Å²) in [5, 5.41) is 15.1. The second kappa shape index (κ2) is 19.8. The molecule has 2 amide bonds. The maximum absolute atomic E-state index is 13.2. The Balaban J connectivity index is 2.02. The van der Waals surface area contributed by atoms with E-state index >= 15 is 0 Å². The second-order valence-electron chi connectivity index (χ2n) is 9.93. The number of hydrogen-bond donors (Lipinski definition) is 3. The van der Waals surface area contributed by atoms with Crippen molar-refractivity contribution in [2.75, 3.05) is 13.2 Å². The zero-order valence-corrected chi connectivity index (χ0v) is 24.0. The third-order valence-corrected chi connectivity index (χ3v) is 6.44. The van der Waals surface area contributed by atoms with Gasteiger partial charge in [-0.3, -0.25) is 14.4 Å². The zero-order chi connectivity index (χ0) is 30.6.